The molecule has 3 heteroatoms. The van der Waals surface area contributed by atoms with Crippen LogP contribution in [0.5, 0.6) is 0 Å². The van der Waals surface area contributed by atoms with E-state index in [-0.39, 0.29) is 11.3 Å². The molecule has 0 heterocycles. The van der Waals surface area contributed by atoms with Gasteiger partial charge in [0.05, 0.1) is 6.42 Å². The predicted octanol–water partition coefficient (Wildman–Crippen LogP) is 2.83. The van der Waals surface area contributed by atoms with Crippen LogP contribution in [0.15, 0.2) is 42.5 Å². The van der Waals surface area contributed by atoms with Crippen molar-refractivity contribution < 1.29 is 4.79 Å². The van der Waals surface area contributed by atoms with E-state index in [1.807, 2.05) is 31.3 Å². The van der Waals surface area contributed by atoms with Gasteiger partial charge in [-0.05, 0) is 28.3 Å². The maximum absolute atomic E-state index is 12.4. The standard InChI is InChI=1S/C18H24N2O/c1-18(2,12-19)13-20(3)17(21)11-15-9-6-8-14-7-4-5-10-16(14)15/h4-10H,11-13,19H2,1-3H3. The van der Waals surface area contributed by atoms with E-state index in [1.54, 1.807) is 4.90 Å². The summed E-state index contributed by atoms with van der Waals surface area (Å²) >= 11 is 0. The number of carbonyl (C=O) groups excluding carboxylic acids is 1. The topological polar surface area (TPSA) is 46.3 Å². The zero-order chi connectivity index (χ0) is 15.5. The van der Waals surface area contributed by atoms with Gasteiger partial charge in [-0.2, -0.15) is 0 Å². The van der Waals surface area contributed by atoms with E-state index < -0.39 is 0 Å². The number of nitrogens with zero attached hydrogens (tertiary/aromatic N) is 1. The van der Waals surface area contributed by atoms with Crippen LogP contribution in [0.2, 0.25) is 0 Å². The second-order valence-electron chi connectivity index (χ2n) is 6.43. The fraction of sp³-hybridized carbons (Fsp3) is 0.389. The van der Waals surface area contributed by atoms with Gasteiger partial charge in [-0.3, -0.25) is 4.79 Å². The number of fused-ring (bicyclic) bond motifs is 1. The molecule has 0 aliphatic rings. The first-order chi connectivity index (χ1) is 9.93. The molecule has 0 radical (unpaired) electrons. The highest BCUT2D eigenvalue weighted by Crippen LogP contribution is 2.20. The van der Waals surface area contributed by atoms with Crippen LogP contribution < -0.4 is 5.73 Å². The maximum Gasteiger partial charge on any atom is 0.226 e. The van der Waals surface area contributed by atoms with Gasteiger partial charge < -0.3 is 10.6 Å². The summed E-state index contributed by atoms with van der Waals surface area (Å²) in [4.78, 5) is 14.2. The third kappa shape index (κ3) is 3.82. The molecule has 112 valence electrons. The minimum Gasteiger partial charge on any atom is -0.345 e. The fourth-order valence-electron chi connectivity index (χ4n) is 2.54. The Labute approximate surface area is 126 Å². The van der Waals surface area contributed by atoms with Crippen LogP contribution >= 0.6 is 0 Å². The van der Waals surface area contributed by atoms with Crippen LogP contribution in [0.3, 0.4) is 0 Å². The molecule has 21 heavy (non-hydrogen) atoms. The Morgan fingerprint density at radius 1 is 1.14 bits per heavy atom. The minimum atomic E-state index is -0.0524. The molecule has 0 aromatic heterocycles. The summed E-state index contributed by atoms with van der Waals surface area (Å²) in [6.07, 6.45) is 0.429. The van der Waals surface area contributed by atoms with Crippen molar-refractivity contribution in [3.63, 3.8) is 0 Å². The summed E-state index contributed by atoms with van der Waals surface area (Å²) in [5, 5.41) is 2.33. The Balaban J connectivity index is 2.15. The first kappa shape index (κ1) is 15.5. The van der Waals surface area contributed by atoms with Crippen LogP contribution in [0, 0.1) is 5.41 Å². The van der Waals surface area contributed by atoms with E-state index in [2.05, 4.69) is 32.0 Å². The van der Waals surface area contributed by atoms with Crippen molar-refractivity contribution in [3.8, 4) is 0 Å². The molecule has 0 spiro atoms. The van der Waals surface area contributed by atoms with Gasteiger partial charge in [-0.1, -0.05) is 56.3 Å². The lowest BCUT2D eigenvalue weighted by molar-refractivity contribution is -0.130. The van der Waals surface area contributed by atoms with E-state index >= 15 is 0 Å². The van der Waals surface area contributed by atoms with Crippen LogP contribution in [-0.4, -0.2) is 30.9 Å². The molecule has 2 rings (SSSR count). The number of hydrogen-bond acceptors (Lipinski definition) is 2. The largest absolute Gasteiger partial charge is 0.345 e. The molecular formula is C18H24N2O. The summed E-state index contributed by atoms with van der Waals surface area (Å²) < 4.78 is 0. The van der Waals surface area contributed by atoms with Gasteiger partial charge >= 0.3 is 0 Å². The highest BCUT2D eigenvalue weighted by molar-refractivity contribution is 5.90. The highest BCUT2D eigenvalue weighted by atomic mass is 16.2. The van der Waals surface area contributed by atoms with E-state index in [1.165, 1.54) is 5.39 Å². The molecule has 1 amide bonds. The molecule has 0 unspecified atom stereocenters. The number of hydrogen-bond donors (Lipinski definition) is 1. The van der Waals surface area contributed by atoms with Crippen LogP contribution in [-0.2, 0) is 11.2 Å². The van der Waals surface area contributed by atoms with E-state index in [0.29, 0.717) is 19.5 Å². The van der Waals surface area contributed by atoms with Crippen molar-refractivity contribution in [1.82, 2.24) is 4.90 Å². The molecule has 2 aromatic rings. The van der Waals surface area contributed by atoms with Gasteiger partial charge in [0.1, 0.15) is 0 Å². The Kier molecular flexibility index (Phi) is 4.63. The van der Waals surface area contributed by atoms with Crippen LogP contribution in [0.1, 0.15) is 19.4 Å². The Morgan fingerprint density at radius 2 is 1.81 bits per heavy atom. The van der Waals surface area contributed by atoms with Crippen molar-refractivity contribution in [1.29, 1.82) is 0 Å². The third-order valence-corrected chi connectivity index (χ3v) is 3.87. The van der Waals surface area contributed by atoms with Crippen molar-refractivity contribution >= 4 is 16.7 Å². The van der Waals surface area contributed by atoms with E-state index in [9.17, 15) is 4.79 Å². The molecule has 2 aromatic carbocycles. The summed E-state index contributed by atoms with van der Waals surface area (Å²) in [6.45, 7) is 5.40. The maximum atomic E-state index is 12.4. The predicted molar refractivity (Wildman–Crippen MR) is 88.1 cm³/mol. The lowest BCUT2D eigenvalue weighted by atomic mass is 9.93. The first-order valence-electron chi connectivity index (χ1n) is 7.34. The number of rotatable bonds is 5. The Bertz CT molecular complexity index is 629. The minimum absolute atomic E-state index is 0.0524. The Morgan fingerprint density at radius 3 is 2.52 bits per heavy atom. The van der Waals surface area contributed by atoms with Crippen molar-refractivity contribution in [2.24, 2.45) is 11.1 Å². The van der Waals surface area contributed by atoms with Gasteiger partial charge in [0.15, 0.2) is 0 Å². The molecule has 0 aliphatic carbocycles. The quantitative estimate of drug-likeness (QED) is 0.917. The first-order valence-corrected chi connectivity index (χ1v) is 7.34. The van der Waals surface area contributed by atoms with E-state index in [0.717, 1.165) is 10.9 Å². The number of nitrogens with two attached hydrogens (primary N) is 1. The summed E-state index contributed by atoms with van der Waals surface area (Å²) in [7, 11) is 1.85. The summed E-state index contributed by atoms with van der Waals surface area (Å²) in [5.74, 6) is 0.132. The lowest BCUT2D eigenvalue weighted by Gasteiger charge is -2.29. The number of amides is 1. The fourth-order valence-corrected chi connectivity index (χ4v) is 2.54. The van der Waals surface area contributed by atoms with Crippen LogP contribution in [0.4, 0.5) is 0 Å². The van der Waals surface area contributed by atoms with Gasteiger partial charge in [0, 0.05) is 13.6 Å². The number of benzene rings is 2. The average Bonchev–Trinajstić information content (AvgIpc) is 2.47. The zero-order valence-electron chi connectivity index (χ0n) is 13.1. The molecular weight excluding hydrogens is 260 g/mol. The monoisotopic (exact) mass is 284 g/mol. The molecule has 0 aliphatic heterocycles. The van der Waals surface area contributed by atoms with Gasteiger partial charge in [-0.15, -0.1) is 0 Å². The molecule has 2 N–H and O–H groups in total. The van der Waals surface area contributed by atoms with Crippen LogP contribution in [0.25, 0.3) is 10.8 Å². The molecule has 3 nitrogen and oxygen atoms in total. The Hall–Kier alpha value is -1.87. The van der Waals surface area contributed by atoms with E-state index in [4.69, 9.17) is 5.73 Å². The average molecular weight is 284 g/mol. The highest BCUT2D eigenvalue weighted by Gasteiger charge is 2.21. The van der Waals surface area contributed by atoms with Gasteiger partial charge in [0.2, 0.25) is 5.91 Å². The molecule has 0 saturated carbocycles. The summed E-state index contributed by atoms with van der Waals surface area (Å²) in [6, 6.07) is 14.3. The van der Waals surface area contributed by atoms with Gasteiger partial charge in [0.25, 0.3) is 0 Å². The zero-order valence-corrected chi connectivity index (χ0v) is 13.1. The van der Waals surface area contributed by atoms with Crippen molar-refractivity contribution in [2.45, 2.75) is 20.3 Å². The molecule has 0 atom stereocenters. The molecule has 0 bridgehead atoms. The van der Waals surface area contributed by atoms with Gasteiger partial charge in [-0.25, -0.2) is 0 Å². The molecule has 0 fully saturated rings. The smallest absolute Gasteiger partial charge is 0.226 e. The summed E-state index contributed by atoms with van der Waals surface area (Å²) in [5.41, 5.74) is 6.77. The number of carbonyl (C=O) groups is 1. The SMILES string of the molecule is CN(CC(C)(C)CN)C(=O)Cc1cccc2ccccc12. The second kappa shape index (κ2) is 6.27. The van der Waals surface area contributed by atoms with Crippen molar-refractivity contribution in [2.75, 3.05) is 20.1 Å². The second-order valence-corrected chi connectivity index (χ2v) is 6.43. The lowest BCUT2D eigenvalue weighted by Crippen LogP contribution is -2.40. The van der Waals surface area contributed by atoms with Crippen molar-refractivity contribution in [3.05, 3.63) is 48.0 Å². The number of likely N-dealkylation sites (N-methyl/N-ethyl adjacent to an activating group) is 1. The normalized spacial score (nSPS) is 11.6. The third-order valence-electron chi connectivity index (χ3n) is 3.87. The molecule has 0 saturated heterocycles.